The van der Waals surface area contributed by atoms with E-state index in [2.05, 4.69) is 97.3 Å². The van der Waals surface area contributed by atoms with Crippen molar-refractivity contribution in [1.82, 2.24) is 9.80 Å². The highest BCUT2D eigenvalue weighted by Gasteiger charge is 2.54. The Labute approximate surface area is 267 Å². The molecule has 1 saturated heterocycles. The first kappa shape index (κ1) is 30.6. The van der Waals surface area contributed by atoms with Crippen LogP contribution in [0.1, 0.15) is 66.6 Å². The highest BCUT2D eigenvalue weighted by Crippen LogP contribution is 2.56. The van der Waals surface area contributed by atoms with Gasteiger partial charge in [0.15, 0.2) is 0 Å². The number of cyclic esters (lactones) is 1. The summed E-state index contributed by atoms with van der Waals surface area (Å²) >= 11 is 0. The number of carbonyl (C=O) groups is 2. The molecule has 2 amide bonds. The quantitative estimate of drug-likeness (QED) is 0.205. The number of hydrogen-bond donors (Lipinski definition) is 0. The maximum Gasteiger partial charge on any atom is 0.417 e. The summed E-state index contributed by atoms with van der Waals surface area (Å²) in [6, 6.07) is 36.9. The lowest BCUT2D eigenvalue weighted by molar-refractivity contribution is -0.137. The van der Waals surface area contributed by atoms with Crippen LogP contribution in [0.15, 0.2) is 109 Å². The molecule has 0 radical (unpaired) electrons. The molecule has 0 N–H and O–H groups in total. The first-order valence-electron chi connectivity index (χ1n) is 15.8. The fraction of sp³-hybridized carbons (Fsp3) is 0.333. The van der Waals surface area contributed by atoms with Crippen LogP contribution in [0.5, 0.6) is 0 Å². The highest BCUT2D eigenvalue weighted by molar-refractivity contribution is 5.96. The second-order valence-corrected chi connectivity index (χ2v) is 13.6. The number of fused-ring (bicyclic) bond motifs is 1. The molecule has 0 saturated carbocycles. The molecule has 6 nitrogen and oxygen atoms in total. The van der Waals surface area contributed by atoms with E-state index in [0.717, 1.165) is 29.9 Å². The fourth-order valence-corrected chi connectivity index (χ4v) is 7.34. The Hall–Kier alpha value is -4.42. The van der Waals surface area contributed by atoms with Gasteiger partial charge in [-0.3, -0.25) is 4.79 Å². The third-order valence-corrected chi connectivity index (χ3v) is 9.29. The lowest BCUT2D eigenvalue weighted by atomic mass is 9.71. The highest BCUT2D eigenvalue weighted by atomic mass is 16.6. The number of rotatable bonds is 8. The average molecular weight is 602 g/mol. The first-order chi connectivity index (χ1) is 21.6. The summed E-state index contributed by atoms with van der Waals surface area (Å²) < 4.78 is 5.52. The Morgan fingerprint density at radius 3 is 1.89 bits per heavy atom. The van der Waals surface area contributed by atoms with Crippen LogP contribution in [0, 0.1) is 11.3 Å². The minimum absolute atomic E-state index is 0.118. The van der Waals surface area contributed by atoms with E-state index in [9.17, 15) is 9.59 Å². The number of amides is 2. The van der Waals surface area contributed by atoms with Crippen LogP contribution in [-0.4, -0.2) is 42.5 Å². The van der Waals surface area contributed by atoms with E-state index in [4.69, 9.17) is 4.74 Å². The van der Waals surface area contributed by atoms with Crippen molar-refractivity contribution in [2.24, 2.45) is 11.3 Å². The molecule has 232 valence electrons. The lowest BCUT2D eigenvalue weighted by Gasteiger charge is -2.37. The molecule has 1 aliphatic heterocycles. The van der Waals surface area contributed by atoms with E-state index >= 15 is 0 Å². The van der Waals surface area contributed by atoms with E-state index in [1.54, 1.807) is 0 Å². The molecule has 0 spiro atoms. The zero-order valence-electron chi connectivity index (χ0n) is 26.9. The van der Waals surface area contributed by atoms with Gasteiger partial charge in [0.1, 0.15) is 12.6 Å². The Bertz CT molecular complexity index is 1590. The van der Waals surface area contributed by atoms with E-state index in [-0.39, 0.29) is 29.9 Å². The SMILES string of the molecule is CN(C)[C@@H]1c2ccc(N(Cc3ccccc3)Cc3ccccc3)cc2[C@H](C(C)(C)C)[C@H]1C(=O)N1C(=O)OC[C@@H]1c1ccccc1. The van der Waals surface area contributed by atoms with Crippen LogP contribution >= 0.6 is 0 Å². The molecular weight excluding hydrogens is 558 g/mol. The second-order valence-electron chi connectivity index (χ2n) is 13.6. The number of benzene rings is 4. The van der Waals surface area contributed by atoms with E-state index in [1.165, 1.54) is 21.6 Å². The molecule has 0 aromatic heterocycles. The molecule has 1 heterocycles. The van der Waals surface area contributed by atoms with E-state index < -0.39 is 18.1 Å². The van der Waals surface area contributed by atoms with Gasteiger partial charge in [0.05, 0.1) is 5.92 Å². The van der Waals surface area contributed by atoms with Crippen molar-refractivity contribution in [2.75, 3.05) is 25.6 Å². The van der Waals surface area contributed by atoms with Gasteiger partial charge in [-0.15, -0.1) is 0 Å². The van der Waals surface area contributed by atoms with Crippen LogP contribution in [0.2, 0.25) is 0 Å². The second kappa shape index (κ2) is 12.5. The molecule has 1 aliphatic carbocycles. The largest absolute Gasteiger partial charge is 0.446 e. The van der Waals surface area contributed by atoms with Gasteiger partial charge in [-0.2, -0.15) is 0 Å². The molecule has 0 bridgehead atoms. The van der Waals surface area contributed by atoms with Gasteiger partial charge in [0, 0.05) is 30.7 Å². The molecule has 4 atom stereocenters. The monoisotopic (exact) mass is 601 g/mol. The topological polar surface area (TPSA) is 53.1 Å². The predicted molar refractivity (Wildman–Crippen MR) is 179 cm³/mol. The standard InChI is InChI=1S/C39H43N3O3/c1-39(2,3)35-32-23-30(41(24-27-15-9-6-10-16-27)25-28-17-11-7-12-18-28)21-22-31(32)36(40(4)5)34(35)37(43)42-33(26-45-38(42)44)29-19-13-8-14-20-29/h6-23,33-36H,24-26H2,1-5H3/t33-,34-,35+,36-/m1/s1. The average Bonchev–Trinajstić information content (AvgIpc) is 3.60. The molecule has 6 heteroatoms. The molecule has 45 heavy (non-hydrogen) atoms. The number of nitrogens with zero attached hydrogens (tertiary/aromatic N) is 3. The van der Waals surface area contributed by atoms with Gasteiger partial charge >= 0.3 is 6.09 Å². The Kier molecular flexibility index (Phi) is 8.52. The molecule has 1 fully saturated rings. The van der Waals surface area contributed by atoms with Crippen LogP contribution < -0.4 is 4.90 Å². The minimum Gasteiger partial charge on any atom is -0.446 e. The summed E-state index contributed by atoms with van der Waals surface area (Å²) in [5.41, 5.74) is 6.55. The Morgan fingerprint density at radius 2 is 1.36 bits per heavy atom. The van der Waals surface area contributed by atoms with Crippen LogP contribution in [0.25, 0.3) is 0 Å². The zero-order chi connectivity index (χ0) is 31.7. The molecular formula is C39H43N3O3. The summed E-state index contributed by atoms with van der Waals surface area (Å²) in [5, 5.41) is 0. The van der Waals surface area contributed by atoms with Crippen molar-refractivity contribution >= 4 is 17.7 Å². The summed E-state index contributed by atoms with van der Waals surface area (Å²) in [6.45, 7) is 8.29. The minimum atomic E-state index is -0.562. The number of ether oxygens (including phenoxy) is 1. The Balaban J connectivity index is 1.42. The molecule has 2 aliphatic rings. The van der Waals surface area contributed by atoms with Gasteiger partial charge in [-0.25, -0.2) is 9.69 Å². The summed E-state index contributed by atoms with van der Waals surface area (Å²) in [6.07, 6.45) is -0.562. The van der Waals surface area contributed by atoms with Crippen molar-refractivity contribution in [3.8, 4) is 0 Å². The summed E-state index contributed by atoms with van der Waals surface area (Å²) in [5.74, 6) is -0.751. The van der Waals surface area contributed by atoms with E-state index in [0.29, 0.717) is 0 Å². The fourth-order valence-electron chi connectivity index (χ4n) is 7.34. The molecule has 4 aromatic carbocycles. The van der Waals surface area contributed by atoms with Crippen molar-refractivity contribution in [1.29, 1.82) is 0 Å². The van der Waals surface area contributed by atoms with Crippen molar-refractivity contribution in [2.45, 2.75) is 51.9 Å². The zero-order valence-corrected chi connectivity index (χ0v) is 26.9. The van der Waals surface area contributed by atoms with Gasteiger partial charge in [-0.05, 0) is 59.5 Å². The summed E-state index contributed by atoms with van der Waals surface area (Å²) in [7, 11) is 4.06. The van der Waals surface area contributed by atoms with Gasteiger partial charge in [-0.1, -0.05) is 118 Å². The smallest absolute Gasteiger partial charge is 0.417 e. The van der Waals surface area contributed by atoms with Gasteiger partial charge in [0.25, 0.3) is 0 Å². The third-order valence-electron chi connectivity index (χ3n) is 9.29. The molecule has 0 unspecified atom stereocenters. The number of imide groups is 1. The molecule has 4 aromatic rings. The molecule has 6 rings (SSSR count). The number of hydrogen-bond acceptors (Lipinski definition) is 5. The predicted octanol–water partition coefficient (Wildman–Crippen LogP) is 7.98. The lowest BCUT2D eigenvalue weighted by Crippen LogP contribution is -2.45. The normalized spacial score (nSPS) is 21.1. The van der Waals surface area contributed by atoms with Crippen LogP contribution in [-0.2, 0) is 22.6 Å². The third kappa shape index (κ3) is 6.12. The van der Waals surface area contributed by atoms with E-state index in [1.807, 2.05) is 56.6 Å². The Morgan fingerprint density at radius 1 is 0.800 bits per heavy atom. The number of anilines is 1. The van der Waals surface area contributed by atoms with Crippen molar-refractivity contribution in [3.05, 3.63) is 137 Å². The van der Waals surface area contributed by atoms with Gasteiger partial charge < -0.3 is 14.5 Å². The van der Waals surface area contributed by atoms with Crippen molar-refractivity contribution in [3.63, 3.8) is 0 Å². The van der Waals surface area contributed by atoms with Crippen molar-refractivity contribution < 1.29 is 14.3 Å². The van der Waals surface area contributed by atoms with Gasteiger partial charge in [0.2, 0.25) is 5.91 Å². The maximum absolute atomic E-state index is 14.8. The maximum atomic E-state index is 14.8. The number of carbonyl (C=O) groups excluding carboxylic acids is 2. The van der Waals surface area contributed by atoms with Crippen LogP contribution in [0.4, 0.5) is 10.5 Å². The summed E-state index contributed by atoms with van der Waals surface area (Å²) in [4.78, 5) is 33.9. The first-order valence-corrected chi connectivity index (χ1v) is 15.8. The van der Waals surface area contributed by atoms with Crippen LogP contribution in [0.3, 0.4) is 0 Å².